The Kier molecular flexibility index (Phi) is 5.05. The highest BCUT2D eigenvalue weighted by Crippen LogP contribution is 2.07. The van der Waals surface area contributed by atoms with Crippen LogP contribution in [0.4, 0.5) is 0 Å². The van der Waals surface area contributed by atoms with Crippen molar-refractivity contribution < 1.29 is 9.84 Å². The van der Waals surface area contributed by atoms with E-state index < -0.39 is 0 Å². The highest BCUT2D eigenvalue weighted by Gasteiger charge is 2.07. The Bertz CT molecular complexity index is 168. The Morgan fingerprint density at radius 3 is 3.00 bits per heavy atom. The van der Waals surface area contributed by atoms with Crippen LogP contribution in [0.15, 0.2) is 11.6 Å². The van der Waals surface area contributed by atoms with Gasteiger partial charge in [-0.25, -0.2) is 0 Å². The third kappa shape index (κ3) is 3.89. The van der Waals surface area contributed by atoms with Crippen molar-refractivity contribution >= 4 is 0 Å². The average molecular weight is 185 g/mol. The number of rotatable bonds is 5. The number of hydrogen-bond acceptors (Lipinski definition) is 3. The van der Waals surface area contributed by atoms with Crippen molar-refractivity contribution in [2.75, 3.05) is 39.5 Å². The van der Waals surface area contributed by atoms with E-state index in [0.29, 0.717) is 0 Å². The Labute approximate surface area is 80.0 Å². The number of hydrogen-bond donors (Lipinski definition) is 1. The maximum Gasteiger partial charge on any atom is 0.0689 e. The van der Waals surface area contributed by atoms with Gasteiger partial charge in [0, 0.05) is 13.1 Å². The summed E-state index contributed by atoms with van der Waals surface area (Å²) < 4.78 is 5.35. The molecular weight excluding hydrogens is 166 g/mol. The van der Waals surface area contributed by atoms with Gasteiger partial charge in [-0.15, -0.1) is 0 Å². The first kappa shape index (κ1) is 10.7. The smallest absolute Gasteiger partial charge is 0.0689 e. The molecule has 0 aromatic rings. The highest BCUT2D eigenvalue weighted by atomic mass is 16.5. The summed E-state index contributed by atoms with van der Waals surface area (Å²) in [5.74, 6) is 0. The van der Waals surface area contributed by atoms with Gasteiger partial charge in [0.1, 0.15) is 0 Å². The van der Waals surface area contributed by atoms with Crippen molar-refractivity contribution in [3.05, 3.63) is 11.6 Å². The molecule has 0 aliphatic carbocycles. The van der Waals surface area contributed by atoms with E-state index in [1.54, 1.807) is 0 Å². The van der Waals surface area contributed by atoms with Crippen LogP contribution < -0.4 is 0 Å². The molecule has 0 saturated carbocycles. The van der Waals surface area contributed by atoms with Crippen molar-refractivity contribution in [3.63, 3.8) is 0 Å². The van der Waals surface area contributed by atoms with E-state index in [9.17, 15) is 0 Å². The SMILES string of the molecule is CCN(CCO)CC1=CCCOC1. The molecule has 1 aliphatic heterocycles. The van der Waals surface area contributed by atoms with Crippen molar-refractivity contribution in [1.29, 1.82) is 0 Å². The lowest BCUT2D eigenvalue weighted by atomic mass is 10.2. The van der Waals surface area contributed by atoms with Gasteiger partial charge in [0.15, 0.2) is 0 Å². The van der Waals surface area contributed by atoms with Crippen LogP contribution in [-0.2, 0) is 4.74 Å². The topological polar surface area (TPSA) is 32.7 Å². The normalized spacial score (nSPS) is 17.6. The Morgan fingerprint density at radius 2 is 2.46 bits per heavy atom. The minimum absolute atomic E-state index is 0.238. The molecule has 0 spiro atoms. The number of aliphatic hydroxyl groups is 1. The number of nitrogens with zero attached hydrogens (tertiary/aromatic N) is 1. The van der Waals surface area contributed by atoms with E-state index in [4.69, 9.17) is 9.84 Å². The van der Waals surface area contributed by atoms with Gasteiger partial charge in [-0.2, -0.15) is 0 Å². The monoisotopic (exact) mass is 185 g/mol. The van der Waals surface area contributed by atoms with Crippen LogP contribution in [0, 0.1) is 0 Å². The number of likely N-dealkylation sites (N-methyl/N-ethyl adjacent to an activating group) is 1. The van der Waals surface area contributed by atoms with Gasteiger partial charge in [-0.1, -0.05) is 13.0 Å². The van der Waals surface area contributed by atoms with E-state index in [1.165, 1.54) is 5.57 Å². The Morgan fingerprint density at radius 1 is 1.62 bits per heavy atom. The predicted octanol–water partition coefficient (Wildman–Crippen LogP) is 0.647. The lowest BCUT2D eigenvalue weighted by Crippen LogP contribution is -2.30. The second kappa shape index (κ2) is 6.13. The minimum Gasteiger partial charge on any atom is -0.395 e. The molecule has 3 heteroatoms. The van der Waals surface area contributed by atoms with Crippen LogP contribution in [0.2, 0.25) is 0 Å². The van der Waals surface area contributed by atoms with Crippen molar-refractivity contribution in [3.8, 4) is 0 Å². The van der Waals surface area contributed by atoms with Crippen LogP contribution >= 0.6 is 0 Å². The fourth-order valence-electron chi connectivity index (χ4n) is 1.50. The molecule has 0 aromatic carbocycles. The summed E-state index contributed by atoms with van der Waals surface area (Å²) in [5.41, 5.74) is 1.35. The maximum atomic E-state index is 8.80. The largest absolute Gasteiger partial charge is 0.395 e. The third-order valence-electron chi connectivity index (χ3n) is 2.27. The van der Waals surface area contributed by atoms with Gasteiger partial charge in [-0.05, 0) is 18.5 Å². The number of ether oxygens (including phenoxy) is 1. The van der Waals surface area contributed by atoms with E-state index in [-0.39, 0.29) is 6.61 Å². The Hall–Kier alpha value is -0.380. The molecule has 0 bridgehead atoms. The summed E-state index contributed by atoms with van der Waals surface area (Å²) in [7, 11) is 0. The van der Waals surface area contributed by atoms with Gasteiger partial charge in [-0.3, -0.25) is 4.90 Å². The van der Waals surface area contributed by atoms with Crippen LogP contribution in [0.3, 0.4) is 0 Å². The lowest BCUT2D eigenvalue weighted by Gasteiger charge is -2.22. The molecular formula is C10H19NO2. The quantitative estimate of drug-likeness (QED) is 0.638. The Balaban J connectivity index is 2.31. The zero-order chi connectivity index (χ0) is 9.52. The molecule has 3 nitrogen and oxygen atoms in total. The van der Waals surface area contributed by atoms with E-state index in [2.05, 4.69) is 17.9 Å². The van der Waals surface area contributed by atoms with Crippen LogP contribution in [-0.4, -0.2) is 49.5 Å². The minimum atomic E-state index is 0.238. The summed E-state index contributed by atoms with van der Waals surface area (Å²) in [6, 6.07) is 0. The predicted molar refractivity (Wildman–Crippen MR) is 52.7 cm³/mol. The first-order valence-corrected chi connectivity index (χ1v) is 4.95. The molecule has 1 rings (SSSR count). The molecule has 0 unspecified atom stereocenters. The molecule has 0 saturated heterocycles. The summed E-state index contributed by atoms with van der Waals surface area (Å²) in [6.45, 7) is 6.65. The van der Waals surface area contributed by atoms with Gasteiger partial charge < -0.3 is 9.84 Å². The molecule has 0 fully saturated rings. The van der Waals surface area contributed by atoms with Crippen molar-refractivity contribution in [2.24, 2.45) is 0 Å². The van der Waals surface area contributed by atoms with Crippen LogP contribution in [0.5, 0.6) is 0 Å². The maximum absolute atomic E-state index is 8.80. The lowest BCUT2D eigenvalue weighted by molar-refractivity contribution is 0.139. The molecule has 13 heavy (non-hydrogen) atoms. The molecule has 1 heterocycles. The number of aliphatic hydroxyl groups excluding tert-OH is 1. The van der Waals surface area contributed by atoms with Crippen molar-refractivity contribution in [1.82, 2.24) is 4.90 Å². The van der Waals surface area contributed by atoms with Gasteiger partial charge in [0.2, 0.25) is 0 Å². The highest BCUT2D eigenvalue weighted by molar-refractivity contribution is 5.07. The second-order valence-electron chi connectivity index (χ2n) is 3.30. The molecule has 76 valence electrons. The summed E-state index contributed by atoms with van der Waals surface area (Å²) >= 11 is 0. The van der Waals surface area contributed by atoms with E-state index >= 15 is 0 Å². The third-order valence-corrected chi connectivity index (χ3v) is 2.27. The van der Waals surface area contributed by atoms with Crippen LogP contribution in [0.25, 0.3) is 0 Å². The fraction of sp³-hybridized carbons (Fsp3) is 0.800. The van der Waals surface area contributed by atoms with E-state index in [0.717, 1.165) is 39.3 Å². The fourth-order valence-corrected chi connectivity index (χ4v) is 1.50. The van der Waals surface area contributed by atoms with Crippen molar-refractivity contribution in [2.45, 2.75) is 13.3 Å². The molecule has 1 N–H and O–H groups in total. The standard InChI is InChI=1S/C10H19NO2/c1-2-11(5-6-12)8-10-4-3-7-13-9-10/h4,12H,2-3,5-9H2,1H3. The first-order chi connectivity index (χ1) is 6.36. The molecule has 1 aliphatic rings. The first-order valence-electron chi connectivity index (χ1n) is 4.95. The summed E-state index contributed by atoms with van der Waals surface area (Å²) in [4.78, 5) is 2.22. The molecule has 0 atom stereocenters. The molecule has 0 amide bonds. The average Bonchev–Trinajstić information content (AvgIpc) is 2.19. The summed E-state index contributed by atoms with van der Waals surface area (Å²) in [5, 5.41) is 8.80. The van der Waals surface area contributed by atoms with Gasteiger partial charge >= 0.3 is 0 Å². The molecule has 0 radical (unpaired) electrons. The second-order valence-corrected chi connectivity index (χ2v) is 3.30. The zero-order valence-corrected chi connectivity index (χ0v) is 8.33. The van der Waals surface area contributed by atoms with Crippen LogP contribution in [0.1, 0.15) is 13.3 Å². The zero-order valence-electron chi connectivity index (χ0n) is 8.33. The van der Waals surface area contributed by atoms with Gasteiger partial charge in [0.25, 0.3) is 0 Å². The summed E-state index contributed by atoms with van der Waals surface area (Å²) in [6.07, 6.45) is 3.29. The molecule has 0 aromatic heterocycles. The van der Waals surface area contributed by atoms with E-state index in [1.807, 2.05) is 0 Å². The van der Waals surface area contributed by atoms with Gasteiger partial charge in [0.05, 0.1) is 19.8 Å².